The van der Waals surface area contributed by atoms with Gasteiger partial charge in [-0.15, -0.1) is 0 Å². The van der Waals surface area contributed by atoms with Gasteiger partial charge in [-0.1, -0.05) is 48.2 Å². The zero-order valence-corrected chi connectivity index (χ0v) is 20.7. The van der Waals surface area contributed by atoms with Gasteiger partial charge in [0.25, 0.3) is 0 Å². The molecule has 0 aromatic heterocycles. The van der Waals surface area contributed by atoms with Gasteiger partial charge in [-0.25, -0.2) is 9.79 Å². The maximum absolute atomic E-state index is 13.2. The molecule has 34 heavy (non-hydrogen) atoms. The van der Waals surface area contributed by atoms with Gasteiger partial charge in [0.15, 0.2) is 5.17 Å². The molecule has 1 aromatic rings. The molecule has 2 atom stereocenters. The lowest BCUT2D eigenvalue weighted by Gasteiger charge is -2.37. The van der Waals surface area contributed by atoms with Gasteiger partial charge in [0, 0.05) is 18.8 Å². The maximum atomic E-state index is 13.2. The van der Waals surface area contributed by atoms with Crippen LogP contribution in [0.4, 0.5) is 0 Å². The summed E-state index contributed by atoms with van der Waals surface area (Å²) >= 11 is 1.47. The largest absolute Gasteiger partial charge is 0.458 e. The fourth-order valence-corrected chi connectivity index (χ4v) is 5.49. The van der Waals surface area contributed by atoms with Gasteiger partial charge in [-0.2, -0.15) is 0 Å². The van der Waals surface area contributed by atoms with Crippen molar-refractivity contribution in [1.29, 1.82) is 0 Å². The number of thioether (sulfide) groups is 1. The molecule has 0 unspecified atom stereocenters. The lowest BCUT2D eigenvalue weighted by molar-refractivity contribution is -0.138. The fourth-order valence-electron chi connectivity index (χ4n) is 4.53. The molecule has 7 nitrogen and oxygen atoms in total. The highest BCUT2D eigenvalue weighted by molar-refractivity contribution is 8.16. The third-order valence-corrected chi connectivity index (χ3v) is 7.05. The Hall–Kier alpha value is -2.84. The number of nitrogens with one attached hydrogen (secondary N) is 1. The summed E-state index contributed by atoms with van der Waals surface area (Å²) in [5.41, 5.74) is 5.09. The molecule has 0 bridgehead atoms. The smallest absolute Gasteiger partial charge is 0.338 e. The van der Waals surface area contributed by atoms with Crippen LogP contribution in [0.25, 0.3) is 0 Å². The molecule has 3 aliphatic heterocycles. The number of allylic oxidation sites excluding steroid dienone is 1. The van der Waals surface area contributed by atoms with E-state index in [4.69, 9.17) is 14.5 Å². The maximum Gasteiger partial charge on any atom is 0.338 e. The number of benzene rings is 1. The quantitative estimate of drug-likeness (QED) is 0.441. The van der Waals surface area contributed by atoms with Crippen molar-refractivity contribution in [3.8, 4) is 0 Å². The van der Waals surface area contributed by atoms with Gasteiger partial charge >= 0.3 is 5.97 Å². The number of hydrogen-bond acceptors (Lipinski definition) is 7. The summed E-state index contributed by atoms with van der Waals surface area (Å²) in [4.78, 5) is 32.7. The Morgan fingerprint density at radius 2 is 2.18 bits per heavy atom. The van der Waals surface area contributed by atoms with Crippen molar-refractivity contribution in [1.82, 2.24) is 10.2 Å². The summed E-state index contributed by atoms with van der Waals surface area (Å²) in [5.74, 6) is -0.505. The van der Waals surface area contributed by atoms with Crippen molar-refractivity contribution in [2.45, 2.75) is 52.2 Å². The minimum atomic E-state index is -0.433. The monoisotopic (exact) mass is 481 g/mol. The van der Waals surface area contributed by atoms with Gasteiger partial charge in [-0.05, 0) is 50.1 Å². The Labute approximate surface area is 205 Å². The van der Waals surface area contributed by atoms with Crippen LogP contribution < -0.4 is 5.32 Å². The molecule has 0 radical (unpaired) electrons. The lowest BCUT2D eigenvalue weighted by atomic mass is 9.90. The highest BCUT2D eigenvalue weighted by Crippen LogP contribution is 2.45. The first-order chi connectivity index (χ1) is 16.4. The number of hydrogen-bond donors (Lipinski definition) is 1. The number of rotatable bonds is 8. The van der Waals surface area contributed by atoms with Crippen LogP contribution in [0.3, 0.4) is 0 Å². The Morgan fingerprint density at radius 3 is 2.88 bits per heavy atom. The topological polar surface area (TPSA) is 80.2 Å². The molecule has 1 aromatic carbocycles. The Bertz CT molecular complexity index is 1090. The molecule has 3 aliphatic rings. The molecule has 1 saturated heterocycles. The number of carbonyl (C=O) groups excluding carboxylic acids is 2. The van der Waals surface area contributed by atoms with E-state index in [1.54, 1.807) is 6.08 Å². The summed E-state index contributed by atoms with van der Waals surface area (Å²) in [7, 11) is 0. The second kappa shape index (κ2) is 10.6. The minimum Gasteiger partial charge on any atom is -0.458 e. The number of amides is 1. The molecule has 8 heteroatoms. The van der Waals surface area contributed by atoms with E-state index in [0.29, 0.717) is 17.8 Å². The highest BCUT2D eigenvalue weighted by atomic mass is 32.2. The van der Waals surface area contributed by atoms with Crippen molar-refractivity contribution in [2.24, 2.45) is 4.99 Å². The van der Waals surface area contributed by atoms with E-state index >= 15 is 0 Å². The molecule has 0 spiro atoms. The van der Waals surface area contributed by atoms with Crippen molar-refractivity contribution < 1.29 is 19.1 Å². The second-order valence-electron chi connectivity index (χ2n) is 8.76. The number of esters is 1. The zero-order chi connectivity index (χ0) is 24.2. The van der Waals surface area contributed by atoms with E-state index in [1.807, 2.05) is 43.2 Å². The molecular weight excluding hydrogens is 450 g/mol. The van der Waals surface area contributed by atoms with Crippen LogP contribution >= 0.6 is 11.8 Å². The van der Waals surface area contributed by atoms with Crippen LogP contribution in [-0.2, 0) is 19.1 Å². The van der Waals surface area contributed by atoms with Crippen molar-refractivity contribution in [3.05, 3.63) is 69.9 Å². The molecule has 1 fully saturated rings. The van der Waals surface area contributed by atoms with Gasteiger partial charge in [0.1, 0.15) is 6.61 Å². The average Bonchev–Trinajstić information content (AvgIpc) is 3.45. The molecule has 180 valence electrons. The van der Waals surface area contributed by atoms with E-state index in [9.17, 15) is 9.59 Å². The Kier molecular flexibility index (Phi) is 7.58. The fraction of sp³-hybridized carbons (Fsp3) is 0.423. The third-order valence-electron chi connectivity index (χ3n) is 6.17. The van der Waals surface area contributed by atoms with Crippen LogP contribution in [-0.4, -0.2) is 47.8 Å². The predicted octanol–water partition coefficient (Wildman–Crippen LogP) is 4.29. The van der Waals surface area contributed by atoms with E-state index in [1.165, 1.54) is 11.8 Å². The number of amidine groups is 1. The number of aliphatic imine (C=N–C) groups is 1. The highest BCUT2D eigenvalue weighted by Gasteiger charge is 2.41. The summed E-state index contributed by atoms with van der Waals surface area (Å²) in [5, 5.41) is 5.70. The lowest BCUT2D eigenvalue weighted by Crippen LogP contribution is -2.39. The van der Waals surface area contributed by atoms with Gasteiger partial charge in [0.05, 0.1) is 29.8 Å². The standard InChI is InChI=1S/C26H31N3O4S/c1-5-10-33-25(31)23-18(4)28-26-29(24(23)21-9-8-16(2)12-17(21)3)19(15-34-26)13-22(30)27-14-20-7-6-11-32-20/h5,8-9,12,15,20,24H,1,6-7,10-11,13-14H2,2-4H3,(H,27,30)/t20-,24+/m0/s1. The predicted molar refractivity (Wildman–Crippen MR) is 134 cm³/mol. The number of ether oxygens (including phenoxy) is 2. The first kappa shape index (κ1) is 24.3. The van der Waals surface area contributed by atoms with Crippen molar-refractivity contribution in [3.63, 3.8) is 0 Å². The first-order valence-electron chi connectivity index (χ1n) is 11.6. The first-order valence-corrected chi connectivity index (χ1v) is 12.4. The molecule has 1 amide bonds. The summed E-state index contributed by atoms with van der Waals surface area (Å²) in [6, 6.07) is 5.75. The number of fused-ring (bicyclic) bond motifs is 1. The normalized spacial score (nSPS) is 21.7. The average molecular weight is 482 g/mol. The van der Waals surface area contributed by atoms with Crippen molar-refractivity contribution in [2.75, 3.05) is 19.8 Å². The summed E-state index contributed by atoms with van der Waals surface area (Å²) in [6.45, 7) is 10.9. The Balaban J connectivity index is 1.63. The van der Waals surface area contributed by atoms with Crippen LogP contribution in [0.2, 0.25) is 0 Å². The van der Waals surface area contributed by atoms with Gasteiger partial charge < -0.3 is 19.7 Å². The van der Waals surface area contributed by atoms with Crippen LogP contribution in [0, 0.1) is 13.8 Å². The molecule has 4 rings (SSSR count). The van der Waals surface area contributed by atoms with Gasteiger partial charge in [-0.3, -0.25) is 4.79 Å². The van der Waals surface area contributed by atoms with E-state index in [-0.39, 0.29) is 25.0 Å². The molecule has 1 N–H and O–H groups in total. The van der Waals surface area contributed by atoms with E-state index in [2.05, 4.69) is 18.0 Å². The Morgan fingerprint density at radius 1 is 1.35 bits per heavy atom. The van der Waals surface area contributed by atoms with E-state index < -0.39 is 12.0 Å². The minimum absolute atomic E-state index is 0.0787. The van der Waals surface area contributed by atoms with Crippen LogP contribution in [0.5, 0.6) is 0 Å². The summed E-state index contributed by atoms with van der Waals surface area (Å²) < 4.78 is 11.1. The molecule has 0 saturated carbocycles. The third kappa shape index (κ3) is 5.13. The SMILES string of the molecule is C=CCOC(=O)C1=C(C)N=C2SC=C(CC(=O)NC[C@@H]3CCCO3)N2[C@@H]1c1ccc(C)cc1C. The van der Waals surface area contributed by atoms with Crippen molar-refractivity contribution >= 4 is 28.8 Å². The second-order valence-corrected chi connectivity index (χ2v) is 9.59. The van der Waals surface area contributed by atoms with Crippen LogP contribution in [0.1, 0.15) is 48.9 Å². The van der Waals surface area contributed by atoms with E-state index in [0.717, 1.165) is 47.0 Å². The zero-order valence-electron chi connectivity index (χ0n) is 19.9. The number of carbonyl (C=O) groups is 2. The molecule has 3 heterocycles. The molecule has 0 aliphatic carbocycles. The number of aryl methyl sites for hydroxylation is 2. The summed E-state index contributed by atoms with van der Waals surface area (Å²) in [6.07, 6.45) is 3.82. The van der Waals surface area contributed by atoms with Crippen LogP contribution in [0.15, 0.2) is 58.2 Å². The molecular formula is C26H31N3O4S. The number of nitrogens with zero attached hydrogens (tertiary/aromatic N) is 2. The van der Waals surface area contributed by atoms with Gasteiger partial charge in [0.2, 0.25) is 5.91 Å².